The largest absolute Gasteiger partial charge is 0.288 e. The van der Waals surface area contributed by atoms with E-state index in [-0.39, 0.29) is 10.6 Å². The van der Waals surface area contributed by atoms with E-state index in [4.69, 9.17) is 11.6 Å². The summed E-state index contributed by atoms with van der Waals surface area (Å²) in [7, 11) is 0. The van der Waals surface area contributed by atoms with Crippen molar-refractivity contribution in [3.05, 3.63) is 55.7 Å². The molecule has 0 spiro atoms. The van der Waals surface area contributed by atoms with Crippen LogP contribution < -0.4 is 0 Å². The minimum Gasteiger partial charge on any atom is -0.288 e. The molecule has 1 heterocycles. The van der Waals surface area contributed by atoms with Gasteiger partial charge in [-0.15, -0.1) is 11.3 Å². The van der Waals surface area contributed by atoms with Crippen molar-refractivity contribution in [2.45, 2.75) is 13.8 Å². The lowest BCUT2D eigenvalue weighted by Crippen LogP contribution is -2.05. The van der Waals surface area contributed by atoms with Crippen LogP contribution in [0.4, 0.5) is 8.78 Å². The molecule has 0 atom stereocenters. The summed E-state index contributed by atoms with van der Waals surface area (Å²) in [6, 6.07) is 3.33. The summed E-state index contributed by atoms with van der Waals surface area (Å²) in [4.78, 5) is 13.9. The molecule has 0 aliphatic rings. The predicted octanol–water partition coefficient (Wildman–Crippen LogP) is 4.53. The molecule has 0 saturated heterocycles. The van der Waals surface area contributed by atoms with E-state index < -0.39 is 17.4 Å². The molecule has 1 aromatic heterocycles. The smallest absolute Gasteiger partial charge is 0.197 e. The number of hydrogen-bond acceptors (Lipinski definition) is 2. The van der Waals surface area contributed by atoms with Crippen LogP contribution in [0.3, 0.4) is 0 Å². The van der Waals surface area contributed by atoms with Crippen molar-refractivity contribution < 1.29 is 13.6 Å². The van der Waals surface area contributed by atoms with Crippen LogP contribution in [-0.4, -0.2) is 5.78 Å². The lowest BCUT2D eigenvalue weighted by atomic mass is 10.0. The number of rotatable bonds is 2. The minimum atomic E-state index is -0.811. The third kappa shape index (κ3) is 2.31. The van der Waals surface area contributed by atoms with Crippen LogP contribution in [-0.2, 0) is 0 Å². The molecule has 1 nitrogen and oxygen atoms in total. The maximum absolute atomic E-state index is 13.6. The van der Waals surface area contributed by atoms with E-state index in [1.54, 1.807) is 13.0 Å². The van der Waals surface area contributed by atoms with Gasteiger partial charge in [0.15, 0.2) is 5.78 Å². The molecule has 0 saturated carbocycles. The van der Waals surface area contributed by atoms with Gasteiger partial charge in [-0.2, -0.15) is 0 Å². The summed E-state index contributed by atoms with van der Waals surface area (Å²) in [5, 5.41) is -0.331. The van der Waals surface area contributed by atoms with E-state index in [9.17, 15) is 13.6 Å². The second kappa shape index (κ2) is 4.78. The predicted molar refractivity (Wildman–Crippen MR) is 68.6 cm³/mol. The van der Waals surface area contributed by atoms with Crippen molar-refractivity contribution in [2.24, 2.45) is 0 Å². The van der Waals surface area contributed by atoms with Gasteiger partial charge in [-0.25, -0.2) is 8.78 Å². The van der Waals surface area contributed by atoms with Gasteiger partial charge in [0.25, 0.3) is 0 Å². The Morgan fingerprint density at radius 2 is 1.78 bits per heavy atom. The maximum atomic E-state index is 13.6. The van der Waals surface area contributed by atoms with Gasteiger partial charge in [-0.05, 0) is 32.0 Å². The highest BCUT2D eigenvalue weighted by Crippen LogP contribution is 2.26. The Hall–Kier alpha value is -1.26. The molecule has 0 fully saturated rings. The van der Waals surface area contributed by atoms with Crippen molar-refractivity contribution in [3.8, 4) is 0 Å². The van der Waals surface area contributed by atoms with E-state index >= 15 is 0 Å². The summed E-state index contributed by atoms with van der Waals surface area (Å²) < 4.78 is 26.9. The number of halogens is 3. The zero-order chi connectivity index (χ0) is 13.4. The second-order valence-corrected chi connectivity index (χ2v) is 5.77. The Bertz CT molecular complexity index is 634. The average Bonchev–Trinajstić information content (AvgIpc) is 2.62. The first-order valence-corrected chi connectivity index (χ1v) is 6.36. The van der Waals surface area contributed by atoms with Crippen molar-refractivity contribution in [1.82, 2.24) is 0 Å². The molecule has 94 valence electrons. The van der Waals surface area contributed by atoms with Crippen LogP contribution >= 0.6 is 22.9 Å². The Balaban J connectivity index is 2.53. The molecule has 18 heavy (non-hydrogen) atoms. The zero-order valence-corrected chi connectivity index (χ0v) is 11.3. The Kier molecular flexibility index (Phi) is 3.50. The fourth-order valence-corrected chi connectivity index (χ4v) is 2.77. The number of hydrogen-bond donors (Lipinski definition) is 0. The molecule has 2 rings (SSSR count). The van der Waals surface area contributed by atoms with Gasteiger partial charge in [-0.1, -0.05) is 11.6 Å². The van der Waals surface area contributed by atoms with Crippen molar-refractivity contribution in [1.29, 1.82) is 0 Å². The molecule has 0 radical (unpaired) electrons. The molecular weight excluding hydrogens is 278 g/mol. The first-order valence-electron chi connectivity index (χ1n) is 5.16. The Labute approximate surface area is 112 Å². The Morgan fingerprint density at radius 1 is 1.11 bits per heavy atom. The topological polar surface area (TPSA) is 17.1 Å². The average molecular weight is 287 g/mol. The SMILES string of the molecule is Cc1cc(C(=O)c2cc(F)c(Cl)cc2F)c(C)s1. The number of carbonyl (C=O) groups is 1. The fraction of sp³-hybridized carbons (Fsp3) is 0.154. The van der Waals surface area contributed by atoms with Crippen LogP contribution in [0.1, 0.15) is 25.7 Å². The summed E-state index contributed by atoms with van der Waals surface area (Å²) >= 11 is 6.89. The van der Waals surface area contributed by atoms with Crippen molar-refractivity contribution >= 4 is 28.7 Å². The van der Waals surface area contributed by atoms with Crippen LogP contribution in [0.25, 0.3) is 0 Å². The van der Waals surface area contributed by atoms with Gasteiger partial charge in [0, 0.05) is 15.3 Å². The number of ketones is 1. The molecule has 0 bridgehead atoms. The first-order chi connectivity index (χ1) is 8.40. The number of carbonyl (C=O) groups excluding carboxylic acids is 1. The summed E-state index contributed by atoms with van der Waals surface area (Å²) in [6.07, 6.45) is 0. The fourth-order valence-electron chi connectivity index (χ4n) is 1.70. The molecule has 0 aliphatic heterocycles. The first kappa shape index (κ1) is 13.2. The van der Waals surface area contributed by atoms with Gasteiger partial charge >= 0.3 is 0 Å². The number of benzene rings is 1. The lowest BCUT2D eigenvalue weighted by Gasteiger charge is -2.03. The zero-order valence-electron chi connectivity index (χ0n) is 9.68. The highest BCUT2D eigenvalue weighted by molar-refractivity contribution is 7.12. The maximum Gasteiger partial charge on any atom is 0.197 e. The van der Waals surface area contributed by atoms with Crippen LogP contribution in [0, 0.1) is 25.5 Å². The van der Waals surface area contributed by atoms with E-state index in [0.29, 0.717) is 5.56 Å². The molecule has 0 amide bonds. The van der Waals surface area contributed by atoms with Gasteiger partial charge in [0.2, 0.25) is 0 Å². The third-order valence-electron chi connectivity index (χ3n) is 2.54. The van der Waals surface area contributed by atoms with E-state index in [1.165, 1.54) is 11.3 Å². The third-order valence-corrected chi connectivity index (χ3v) is 3.80. The highest BCUT2D eigenvalue weighted by Gasteiger charge is 2.19. The lowest BCUT2D eigenvalue weighted by molar-refractivity contribution is 0.103. The molecule has 0 aliphatic carbocycles. The molecular formula is C13H9ClF2OS. The van der Waals surface area contributed by atoms with Gasteiger partial charge in [0.05, 0.1) is 10.6 Å². The highest BCUT2D eigenvalue weighted by atomic mass is 35.5. The summed E-state index contributed by atoms with van der Waals surface area (Å²) in [5.74, 6) is -2.13. The number of thiophene rings is 1. The van der Waals surface area contributed by atoms with E-state index in [1.807, 2.05) is 6.92 Å². The summed E-state index contributed by atoms with van der Waals surface area (Å²) in [6.45, 7) is 3.63. The summed E-state index contributed by atoms with van der Waals surface area (Å²) in [5.41, 5.74) is 0.107. The number of aryl methyl sites for hydroxylation is 2. The van der Waals surface area contributed by atoms with E-state index in [2.05, 4.69) is 0 Å². The van der Waals surface area contributed by atoms with Crippen LogP contribution in [0.15, 0.2) is 18.2 Å². The standard InChI is InChI=1S/C13H9ClF2OS/c1-6-3-8(7(2)18-6)13(17)9-4-12(16)10(14)5-11(9)15/h3-5H,1-2H3. The van der Waals surface area contributed by atoms with Gasteiger partial charge in [0.1, 0.15) is 11.6 Å². The monoisotopic (exact) mass is 286 g/mol. The van der Waals surface area contributed by atoms with Crippen molar-refractivity contribution in [3.63, 3.8) is 0 Å². The minimum absolute atomic E-state index is 0.294. The Morgan fingerprint density at radius 3 is 2.33 bits per heavy atom. The van der Waals surface area contributed by atoms with Gasteiger partial charge in [-0.3, -0.25) is 4.79 Å². The van der Waals surface area contributed by atoms with Gasteiger partial charge < -0.3 is 0 Å². The second-order valence-electron chi connectivity index (χ2n) is 3.90. The van der Waals surface area contributed by atoms with Crippen molar-refractivity contribution in [2.75, 3.05) is 0 Å². The normalized spacial score (nSPS) is 10.7. The van der Waals surface area contributed by atoms with Crippen LogP contribution in [0.2, 0.25) is 5.02 Å². The molecule has 5 heteroatoms. The molecule has 2 aromatic rings. The molecule has 1 aromatic carbocycles. The molecule has 0 unspecified atom stereocenters. The quantitative estimate of drug-likeness (QED) is 0.586. The van der Waals surface area contributed by atoms with E-state index in [0.717, 1.165) is 21.9 Å². The molecule has 0 N–H and O–H groups in total. The van der Waals surface area contributed by atoms with Crippen LogP contribution in [0.5, 0.6) is 0 Å².